The second kappa shape index (κ2) is 8.14. The van der Waals surface area contributed by atoms with Crippen LogP contribution in [0.2, 0.25) is 0 Å². The van der Waals surface area contributed by atoms with Crippen molar-refractivity contribution >= 4 is 0 Å². The van der Waals surface area contributed by atoms with Crippen LogP contribution in [0, 0.1) is 39.9 Å². The molecule has 0 spiro atoms. The summed E-state index contributed by atoms with van der Waals surface area (Å²) in [4.78, 5) is 0. The number of hydrogen-bond donors (Lipinski definition) is 5. The van der Waals surface area contributed by atoms with Gasteiger partial charge in [0.2, 0.25) is 0 Å². The van der Waals surface area contributed by atoms with Gasteiger partial charge >= 0.3 is 0 Å². The van der Waals surface area contributed by atoms with Gasteiger partial charge in [0.1, 0.15) is 12.2 Å². The minimum atomic E-state index is -1.28. The molecule has 0 aromatic rings. The fourth-order valence-electron chi connectivity index (χ4n) is 10.9. The van der Waals surface area contributed by atoms with E-state index in [2.05, 4.69) is 27.7 Å². The molecule has 5 fully saturated rings. The normalized spacial score (nSPS) is 58.8. The zero-order valence-electron chi connectivity index (χ0n) is 23.6. The van der Waals surface area contributed by atoms with Gasteiger partial charge in [0, 0.05) is 5.41 Å². The van der Waals surface area contributed by atoms with E-state index in [1.165, 1.54) is 0 Å². The second-order valence-electron chi connectivity index (χ2n) is 15.4. The fourth-order valence-corrected chi connectivity index (χ4v) is 10.9. The monoisotopic (exact) mass is 508 g/mol. The van der Waals surface area contributed by atoms with Crippen molar-refractivity contribution in [2.45, 2.75) is 147 Å². The summed E-state index contributed by atoms with van der Waals surface area (Å²) in [6.07, 6.45) is 3.65. The Bertz CT molecular complexity index is 876. The minimum Gasteiger partial charge on any atom is -0.390 e. The third-order valence-electron chi connectivity index (χ3n) is 12.9. The summed E-state index contributed by atoms with van der Waals surface area (Å²) in [5.41, 5.74) is -3.37. The number of aliphatic hydroxyl groups excluding tert-OH is 3. The molecular formula is C30H52O6. The van der Waals surface area contributed by atoms with Crippen molar-refractivity contribution in [2.24, 2.45) is 39.9 Å². The molecular weight excluding hydrogens is 456 g/mol. The highest BCUT2D eigenvalue weighted by molar-refractivity contribution is 5.19. The van der Waals surface area contributed by atoms with E-state index in [0.717, 1.165) is 51.4 Å². The van der Waals surface area contributed by atoms with Crippen LogP contribution < -0.4 is 0 Å². The highest BCUT2D eigenvalue weighted by Crippen LogP contribution is 2.70. The van der Waals surface area contributed by atoms with Gasteiger partial charge in [-0.15, -0.1) is 0 Å². The highest BCUT2D eigenvalue weighted by atomic mass is 16.5. The largest absolute Gasteiger partial charge is 0.390 e. The van der Waals surface area contributed by atoms with Crippen LogP contribution in [0.25, 0.3) is 0 Å². The minimum absolute atomic E-state index is 0.0726. The van der Waals surface area contributed by atoms with E-state index in [4.69, 9.17) is 4.74 Å². The molecule has 4 saturated carbocycles. The van der Waals surface area contributed by atoms with Gasteiger partial charge in [-0.05, 0) is 106 Å². The Kier molecular flexibility index (Phi) is 6.18. The average Bonchev–Trinajstić information content (AvgIpc) is 3.28. The third-order valence-corrected chi connectivity index (χ3v) is 12.9. The standard InChI is InChI=1S/C30H52O6/c1-17(2)30(35)15-14-26(5)16-29(34,13-10-18(26)30)20-9-8-19-27(20,6)12-11-21-28(19,7)24(33)22(31)23(32)25(3,4)36-21/h17-24,31-35H,8-16H2,1-7H3/t18-,19+,20-,21+,22?,23+,24+,26+,27-,28+,29+,30+/m0/s1. The van der Waals surface area contributed by atoms with E-state index in [-0.39, 0.29) is 40.6 Å². The average molecular weight is 509 g/mol. The van der Waals surface area contributed by atoms with Gasteiger partial charge in [-0.2, -0.15) is 0 Å². The number of ether oxygens (including phenoxy) is 1. The van der Waals surface area contributed by atoms with E-state index in [0.29, 0.717) is 6.42 Å². The molecule has 0 amide bonds. The van der Waals surface area contributed by atoms with Crippen LogP contribution in [-0.2, 0) is 4.74 Å². The van der Waals surface area contributed by atoms with Crippen molar-refractivity contribution in [2.75, 3.05) is 0 Å². The summed E-state index contributed by atoms with van der Waals surface area (Å²) in [6.45, 7) is 14.5. The summed E-state index contributed by atoms with van der Waals surface area (Å²) < 4.78 is 6.48. The molecule has 5 rings (SSSR count). The van der Waals surface area contributed by atoms with Gasteiger partial charge in [0.15, 0.2) is 0 Å². The molecule has 4 aliphatic carbocycles. The molecule has 0 aromatic carbocycles. The van der Waals surface area contributed by atoms with Crippen LogP contribution in [0.1, 0.15) is 106 Å². The molecule has 5 aliphatic rings. The maximum absolute atomic E-state index is 12.4. The molecule has 208 valence electrons. The topological polar surface area (TPSA) is 110 Å². The van der Waals surface area contributed by atoms with Crippen LogP contribution in [0.5, 0.6) is 0 Å². The number of aliphatic hydroxyl groups is 5. The quantitative estimate of drug-likeness (QED) is 0.388. The van der Waals surface area contributed by atoms with Gasteiger partial charge in [-0.3, -0.25) is 0 Å². The van der Waals surface area contributed by atoms with Crippen LogP contribution in [0.15, 0.2) is 0 Å². The molecule has 5 N–H and O–H groups in total. The summed E-state index contributed by atoms with van der Waals surface area (Å²) in [5, 5.41) is 57.3. The van der Waals surface area contributed by atoms with Crippen LogP contribution in [0.4, 0.5) is 0 Å². The highest BCUT2D eigenvalue weighted by Gasteiger charge is 2.70. The third kappa shape index (κ3) is 3.43. The first kappa shape index (κ1) is 27.3. The summed E-state index contributed by atoms with van der Waals surface area (Å²) in [5.74, 6) is 0.607. The maximum atomic E-state index is 12.4. The molecule has 0 bridgehead atoms. The smallest absolute Gasteiger partial charge is 0.111 e. The Morgan fingerprint density at radius 3 is 2.00 bits per heavy atom. The number of fused-ring (bicyclic) bond motifs is 4. The first-order chi connectivity index (χ1) is 16.5. The van der Waals surface area contributed by atoms with E-state index in [1.54, 1.807) is 13.8 Å². The lowest BCUT2D eigenvalue weighted by molar-refractivity contribution is -0.219. The predicted octanol–water partition coefficient (Wildman–Crippen LogP) is 3.80. The van der Waals surface area contributed by atoms with Gasteiger partial charge in [0.05, 0.1) is 29.0 Å². The Balaban J connectivity index is 1.46. The zero-order chi connectivity index (χ0) is 26.7. The Morgan fingerprint density at radius 2 is 1.36 bits per heavy atom. The van der Waals surface area contributed by atoms with E-state index in [9.17, 15) is 25.5 Å². The summed E-state index contributed by atoms with van der Waals surface area (Å²) in [7, 11) is 0. The number of rotatable bonds is 2. The Hall–Kier alpha value is -0.240. The lowest BCUT2D eigenvalue weighted by atomic mass is 9.48. The van der Waals surface area contributed by atoms with Crippen molar-refractivity contribution in [3.05, 3.63) is 0 Å². The van der Waals surface area contributed by atoms with Crippen molar-refractivity contribution in [1.82, 2.24) is 0 Å². The van der Waals surface area contributed by atoms with Crippen molar-refractivity contribution in [3.8, 4) is 0 Å². The van der Waals surface area contributed by atoms with Crippen LogP contribution in [0.3, 0.4) is 0 Å². The van der Waals surface area contributed by atoms with Crippen LogP contribution in [-0.4, -0.2) is 66.8 Å². The second-order valence-corrected chi connectivity index (χ2v) is 15.4. The first-order valence-corrected chi connectivity index (χ1v) is 14.6. The van der Waals surface area contributed by atoms with Gasteiger partial charge < -0.3 is 30.3 Å². The summed E-state index contributed by atoms with van der Waals surface area (Å²) >= 11 is 0. The lowest BCUT2D eigenvalue weighted by Crippen LogP contribution is -2.62. The van der Waals surface area contributed by atoms with Crippen molar-refractivity contribution < 1.29 is 30.3 Å². The lowest BCUT2D eigenvalue weighted by Gasteiger charge is -2.59. The fraction of sp³-hybridized carbons (Fsp3) is 1.00. The van der Waals surface area contributed by atoms with Gasteiger partial charge in [-0.25, -0.2) is 0 Å². The number of hydrogen-bond acceptors (Lipinski definition) is 6. The Labute approximate surface area is 217 Å². The van der Waals surface area contributed by atoms with Gasteiger partial charge in [0.25, 0.3) is 0 Å². The molecule has 1 aliphatic heterocycles. The van der Waals surface area contributed by atoms with E-state index in [1.807, 2.05) is 6.92 Å². The van der Waals surface area contributed by atoms with Gasteiger partial charge in [-0.1, -0.05) is 34.6 Å². The molecule has 6 nitrogen and oxygen atoms in total. The summed E-state index contributed by atoms with van der Waals surface area (Å²) in [6, 6.07) is 0. The van der Waals surface area contributed by atoms with E-state index < -0.39 is 40.5 Å². The molecule has 6 heteroatoms. The van der Waals surface area contributed by atoms with Crippen molar-refractivity contribution in [1.29, 1.82) is 0 Å². The van der Waals surface area contributed by atoms with Crippen molar-refractivity contribution in [3.63, 3.8) is 0 Å². The predicted molar refractivity (Wildman–Crippen MR) is 138 cm³/mol. The molecule has 1 heterocycles. The molecule has 0 radical (unpaired) electrons. The SMILES string of the molecule is CC(C)[C@]1(O)CC[C@]2(C)C[C@@](O)([C@H]3CC[C@@H]4[C@]3(C)CC[C@H]3OC(C)(C)[C@H](O)C(O)[C@@H](O)[C@]43C)CC[C@@H]21. The molecule has 1 saturated heterocycles. The molecule has 1 unspecified atom stereocenters. The van der Waals surface area contributed by atoms with Crippen LogP contribution >= 0.6 is 0 Å². The molecule has 36 heavy (non-hydrogen) atoms. The first-order valence-electron chi connectivity index (χ1n) is 14.6. The molecule has 0 aromatic heterocycles. The maximum Gasteiger partial charge on any atom is 0.111 e. The Morgan fingerprint density at radius 1 is 0.722 bits per heavy atom. The molecule has 12 atom stereocenters. The van der Waals surface area contributed by atoms with E-state index >= 15 is 0 Å². The zero-order valence-corrected chi connectivity index (χ0v) is 23.6.